The Bertz CT molecular complexity index is 40.7. The van der Waals surface area contributed by atoms with Crippen molar-refractivity contribution in [3.63, 3.8) is 0 Å². The van der Waals surface area contributed by atoms with Gasteiger partial charge in [-0.1, -0.05) is 0 Å². The maximum Gasteiger partial charge on any atom is 0.0431 e. The molecule has 3 N–H and O–H groups in total. The minimum atomic E-state index is 0.159. The van der Waals surface area contributed by atoms with E-state index >= 15 is 0 Å². The summed E-state index contributed by atoms with van der Waals surface area (Å²) < 4.78 is 0. The molecule has 3 heteroatoms. The first kappa shape index (κ1) is 7.35. The van der Waals surface area contributed by atoms with Gasteiger partial charge in [-0.2, -0.15) is 0 Å². The Morgan fingerprint density at radius 2 is 2.29 bits per heavy atom. The van der Waals surface area contributed by atoms with Gasteiger partial charge >= 0.3 is 0 Å². The molecule has 0 heterocycles. The first-order chi connectivity index (χ1) is 3.27. The summed E-state index contributed by atoms with van der Waals surface area (Å²) in [5.41, 5.74) is 5.33. The Kier molecular flexibility index (Phi) is 4.73. The van der Waals surface area contributed by atoms with E-state index in [1.165, 1.54) is 0 Å². The lowest BCUT2D eigenvalue weighted by Crippen LogP contribution is -2.10. The van der Waals surface area contributed by atoms with Crippen LogP contribution < -0.4 is 5.73 Å². The van der Waals surface area contributed by atoms with Crippen LogP contribution in [0.5, 0.6) is 0 Å². The van der Waals surface area contributed by atoms with Crippen LogP contribution in [0.4, 0.5) is 0 Å². The van der Waals surface area contributed by atoms with Gasteiger partial charge in [0.15, 0.2) is 0 Å². The van der Waals surface area contributed by atoms with E-state index in [2.05, 4.69) is 9.24 Å². The molecule has 0 saturated heterocycles. The number of rotatable bonds is 3. The summed E-state index contributed by atoms with van der Waals surface area (Å²) in [6.07, 6.45) is 1.70. The molecule has 0 amide bonds. The molecule has 0 spiro atoms. The Labute approximate surface area is 46.3 Å². The topological polar surface area (TPSA) is 46.2 Å². The minimum absolute atomic E-state index is 0.159. The molecule has 0 rings (SSSR count). The number of hydrogen-bond donors (Lipinski definition) is 2. The van der Waals surface area contributed by atoms with E-state index in [9.17, 15) is 0 Å². The molecule has 0 aliphatic heterocycles. The molecule has 0 aliphatic carbocycles. The van der Waals surface area contributed by atoms with Gasteiger partial charge in [0.25, 0.3) is 0 Å². The van der Waals surface area contributed by atoms with Crippen molar-refractivity contribution in [3.05, 3.63) is 0 Å². The van der Waals surface area contributed by atoms with Crippen LogP contribution in [0.15, 0.2) is 0 Å². The fourth-order valence-corrected chi connectivity index (χ4v) is 0.563. The summed E-state index contributed by atoms with van der Waals surface area (Å²) in [4.78, 5) is 0. The third kappa shape index (κ3) is 6.35. The van der Waals surface area contributed by atoms with Gasteiger partial charge in [0.2, 0.25) is 0 Å². The van der Waals surface area contributed by atoms with E-state index in [0.29, 0.717) is 0 Å². The lowest BCUT2D eigenvalue weighted by atomic mass is 10.3. The maximum atomic E-state index is 8.25. The molecular weight excluding hydrogens is 109 g/mol. The van der Waals surface area contributed by atoms with Gasteiger partial charge in [0.05, 0.1) is 0 Å². The van der Waals surface area contributed by atoms with Crippen LogP contribution in [0.3, 0.4) is 0 Å². The molecule has 7 heavy (non-hydrogen) atoms. The predicted molar refractivity (Wildman–Crippen MR) is 34.0 cm³/mol. The molecule has 2 atom stereocenters. The molecular formula is C4H12NOP. The van der Waals surface area contributed by atoms with Crippen LogP contribution in [0.2, 0.25) is 0 Å². The zero-order chi connectivity index (χ0) is 5.70. The average molecular weight is 121 g/mol. The van der Waals surface area contributed by atoms with Crippen molar-refractivity contribution in [2.24, 2.45) is 5.73 Å². The number of aliphatic hydroxyl groups excluding tert-OH is 1. The largest absolute Gasteiger partial charge is 0.396 e. The van der Waals surface area contributed by atoms with Crippen LogP contribution in [-0.2, 0) is 0 Å². The molecule has 0 bridgehead atoms. The summed E-state index contributed by atoms with van der Waals surface area (Å²) in [5, 5.41) is 8.25. The molecule has 44 valence electrons. The highest BCUT2D eigenvalue weighted by Crippen LogP contribution is 1.98. The molecule has 0 aromatic rings. The minimum Gasteiger partial charge on any atom is -0.396 e. The lowest BCUT2D eigenvalue weighted by Gasteiger charge is -1.99. The maximum absolute atomic E-state index is 8.25. The van der Waals surface area contributed by atoms with E-state index in [4.69, 9.17) is 10.8 Å². The zero-order valence-corrected chi connectivity index (χ0v) is 5.46. The van der Waals surface area contributed by atoms with E-state index in [1.807, 2.05) is 0 Å². The van der Waals surface area contributed by atoms with Gasteiger partial charge < -0.3 is 10.8 Å². The molecule has 0 radical (unpaired) electrons. The Hall–Kier alpha value is 0.350. The first-order valence-electron chi connectivity index (χ1n) is 2.39. The van der Waals surface area contributed by atoms with Crippen molar-refractivity contribution >= 4 is 9.24 Å². The second-order valence-corrected chi connectivity index (χ2v) is 2.39. The molecule has 0 aromatic carbocycles. The van der Waals surface area contributed by atoms with Crippen LogP contribution in [-0.4, -0.2) is 17.5 Å². The van der Waals surface area contributed by atoms with Gasteiger partial charge in [-0.15, -0.1) is 9.24 Å². The average Bonchev–Trinajstić information content (AvgIpc) is 1.61. The van der Waals surface area contributed by atoms with Gasteiger partial charge in [-0.25, -0.2) is 0 Å². The van der Waals surface area contributed by atoms with Crippen LogP contribution in [0.1, 0.15) is 12.8 Å². The number of nitrogens with two attached hydrogens (primary N) is 1. The van der Waals surface area contributed by atoms with Crippen molar-refractivity contribution in [1.29, 1.82) is 0 Å². The number of hydrogen-bond acceptors (Lipinski definition) is 2. The molecule has 2 unspecified atom stereocenters. The van der Waals surface area contributed by atoms with Crippen molar-refractivity contribution < 1.29 is 5.11 Å². The molecule has 0 fully saturated rings. The molecule has 0 aromatic heterocycles. The van der Waals surface area contributed by atoms with Gasteiger partial charge in [0, 0.05) is 12.4 Å². The van der Waals surface area contributed by atoms with E-state index in [1.54, 1.807) is 0 Å². The van der Waals surface area contributed by atoms with Crippen LogP contribution in [0.25, 0.3) is 0 Å². The summed E-state index contributed by atoms with van der Waals surface area (Å²) in [7, 11) is 2.47. The summed E-state index contributed by atoms with van der Waals surface area (Å²) in [6.45, 7) is 0.252. The quantitative estimate of drug-likeness (QED) is 0.513. The molecule has 0 saturated carbocycles. The number of aliphatic hydroxyl groups is 1. The van der Waals surface area contributed by atoms with E-state index < -0.39 is 0 Å². The van der Waals surface area contributed by atoms with Crippen LogP contribution >= 0.6 is 9.24 Å². The molecule has 2 nitrogen and oxygen atoms in total. The normalized spacial score (nSPS) is 14.1. The third-order valence-corrected chi connectivity index (χ3v) is 1.03. The Morgan fingerprint density at radius 3 is 2.43 bits per heavy atom. The Morgan fingerprint density at radius 1 is 1.71 bits per heavy atom. The smallest absolute Gasteiger partial charge is 0.0431 e. The molecule has 0 aliphatic rings. The fraction of sp³-hybridized carbons (Fsp3) is 1.00. The SMILES string of the molecule is NC(P)CCCO. The first-order valence-corrected chi connectivity index (χ1v) is 3.06. The van der Waals surface area contributed by atoms with Gasteiger partial charge in [-0.3, -0.25) is 0 Å². The highest BCUT2D eigenvalue weighted by atomic mass is 31.0. The van der Waals surface area contributed by atoms with Crippen molar-refractivity contribution in [2.45, 2.75) is 18.6 Å². The Balaban J connectivity index is 2.68. The fourth-order valence-electron chi connectivity index (χ4n) is 0.327. The monoisotopic (exact) mass is 121 g/mol. The van der Waals surface area contributed by atoms with Crippen molar-refractivity contribution in [2.75, 3.05) is 6.61 Å². The van der Waals surface area contributed by atoms with Gasteiger partial charge in [0.1, 0.15) is 0 Å². The van der Waals surface area contributed by atoms with E-state index in [-0.39, 0.29) is 12.4 Å². The predicted octanol–water partition coefficient (Wildman–Crippen LogP) is -0.0812. The highest BCUT2D eigenvalue weighted by molar-refractivity contribution is 7.17. The standard InChI is InChI=1S/C4H12NOP/c5-4(7)2-1-3-6/h4,6H,1-3,5,7H2. The summed E-state index contributed by atoms with van der Waals surface area (Å²) in [6, 6.07) is 0. The second kappa shape index (κ2) is 4.51. The van der Waals surface area contributed by atoms with Crippen molar-refractivity contribution in [3.8, 4) is 0 Å². The van der Waals surface area contributed by atoms with Crippen molar-refractivity contribution in [1.82, 2.24) is 0 Å². The third-order valence-electron chi connectivity index (χ3n) is 0.696. The highest BCUT2D eigenvalue weighted by Gasteiger charge is 1.89. The van der Waals surface area contributed by atoms with E-state index in [0.717, 1.165) is 12.8 Å². The zero-order valence-electron chi connectivity index (χ0n) is 4.30. The second-order valence-electron chi connectivity index (χ2n) is 1.53. The summed E-state index contributed by atoms with van der Waals surface area (Å²) >= 11 is 0. The van der Waals surface area contributed by atoms with Gasteiger partial charge in [-0.05, 0) is 12.8 Å². The lowest BCUT2D eigenvalue weighted by molar-refractivity contribution is 0.284. The van der Waals surface area contributed by atoms with Crippen LogP contribution in [0, 0.1) is 0 Å². The summed E-state index contributed by atoms with van der Waals surface area (Å²) in [5.74, 6) is 0.159.